The van der Waals surface area contributed by atoms with Gasteiger partial charge in [-0.05, 0) is 54.7 Å². The Kier molecular flexibility index (Phi) is 8.50. The zero-order valence-electron chi connectivity index (χ0n) is 17.3. The Balaban J connectivity index is 1.41. The molecule has 0 saturated carbocycles. The third kappa shape index (κ3) is 7.02. The van der Waals surface area contributed by atoms with Crippen LogP contribution in [0.25, 0.3) is 0 Å². The lowest BCUT2D eigenvalue weighted by Gasteiger charge is -2.22. The van der Waals surface area contributed by atoms with Crippen molar-refractivity contribution < 1.29 is 24.1 Å². The van der Waals surface area contributed by atoms with Crippen LogP contribution in [0, 0.1) is 0 Å². The van der Waals surface area contributed by atoms with Gasteiger partial charge < -0.3 is 30.0 Å². The van der Waals surface area contributed by atoms with Gasteiger partial charge in [0.2, 0.25) is 0 Å². The number of hydrogen-bond donors (Lipinski definition) is 3. The Labute approximate surface area is 177 Å². The topological polar surface area (TPSA) is 89.1 Å². The van der Waals surface area contributed by atoms with Crippen molar-refractivity contribution in [2.24, 2.45) is 0 Å². The van der Waals surface area contributed by atoms with Crippen molar-refractivity contribution in [3.8, 4) is 5.75 Å². The molecular weight excluding hydrogens is 384 g/mol. The van der Waals surface area contributed by atoms with E-state index in [9.17, 15) is 9.90 Å². The molecule has 3 rings (SSSR count). The van der Waals surface area contributed by atoms with E-state index in [1.165, 1.54) is 6.42 Å². The van der Waals surface area contributed by atoms with E-state index in [-0.39, 0.29) is 18.7 Å². The number of aliphatic hydroxyl groups is 1. The molecule has 1 heterocycles. The summed E-state index contributed by atoms with van der Waals surface area (Å²) < 4.78 is 16.5. The minimum atomic E-state index is -0.802. The number of nitrogens with one attached hydrogen (secondary N) is 2. The van der Waals surface area contributed by atoms with E-state index >= 15 is 0 Å². The second-order valence-corrected chi connectivity index (χ2v) is 7.33. The summed E-state index contributed by atoms with van der Waals surface area (Å²) in [6, 6.07) is 14.2. The molecule has 0 spiro atoms. The predicted octanol–water partition coefficient (Wildman–Crippen LogP) is 3.64. The minimum Gasteiger partial charge on any atom is -0.497 e. The number of anilines is 1. The molecule has 7 nitrogen and oxygen atoms in total. The number of carbonyl (C=O) groups excluding carboxylic acids is 1. The van der Waals surface area contributed by atoms with Crippen LogP contribution in [0.1, 0.15) is 36.5 Å². The molecule has 0 aromatic heterocycles. The molecule has 2 aromatic carbocycles. The first-order chi connectivity index (χ1) is 14.6. The number of amides is 2. The highest BCUT2D eigenvalue weighted by Gasteiger charge is 2.14. The van der Waals surface area contributed by atoms with Crippen LogP contribution < -0.4 is 15.4 Å². The molecule has 30 heavy (non-hydrogen) atoms. The zero-order valence-corrected chi connectivity index (χ0v) is 17.3. The maximum Gasteiger partial charge on any atom is 0.319 e. The van der Waals surface area contributed by atoms with Crippen molar-refractivity contribution in [2.45, 2.75) is 38.1 Å². The number of aliphatic hydroxyl groups excluding tert-OH is 1. The highest BCUT2D eigenvalue weighted by Crippen LogP contribution is 2.18. The molecule has 1 fully saturated rings. The van der Waals surface area contributed by atoms with Gasteiger partial charge in [-0.15, -0.1) is 0 Å². The number of hydrogen-bond acceptors (Lipinski definition) is 5. The van der Waals surface area contributed by atoms with Gasteiger partial charge >= 0.3 is 6.03 Å². The third-order valence-corrected chi connectivity index (χ3v) is 4.99. The van der Waals surface area contributed by atoms with Gasteiger partial charge in [-0.1, -0.05) is 24.3 Å². The summed E-state index contributed by atoms with van der Waals surface area (Å²) >= 11 is 0. The maximum absolute atomic E-state index is 12.2. The number of rotatable bonds is 9. The second-order valence-electron chi connectivity index (χ2n) is 7.33. The molecule has 0 bridgehead atoms. The highest BCUT2D eigenvalue weighted by atomic mass is 16.5. The molecule has 0 radical (unpaired) electrons. The standard InChI is InChI=1S/C23H30N2O5/c1-28-20-10-8-18(9-11-20)22(26)14-24-23(27)25-19-6-4-5-17(13-19)15-29-16-21-7-2-3-12-30-21/h4-6,8-11,13,21-22,26H,2-3,7,12,14-16H2,1H3,(H2,24,25,27). The summed E-state index contributed by atoms with van der Waals surface area (Å²) in [4.78, 5) is 12.2. The van der Waals surface area contributed by atoms with E-state index in [2.05, 4.69) is 10.6 Å². The third-order valence-electron chi connectivity index (χ3n) is 4.99. The Morgan fingerprint density at radius 1 is 1.23 bits per heavy atom. The van der Waals surface area contributed by atoms with Gasteiger partial charge in [-0.2, -0.15) is 0 Å². The number of urea groups is 1. The lowest BCUT2D eigenvalue weighted by Crippen LogP contribution is -2.32. The Morgan fingerprint density at radius 3 is 2.80 bits per heavy atom. The SMILES string of the molecule is COc1ccc(C(O)CNC(=O)Nc2cccc(COCC3CCCCO3)c2)cc1. The Bertz CT molecular complexity index is 790. The molecule has 1 saturated heterocycles. The number of ether oxygens (including phenoxy) is 3. The van der Waals surface area contributed by atoms with Gasteiger partial charge in [0.15, 0.2) is 0 Å². The van der Waals surface area contributed by atoms with E-state index in [4.69, 9.17) is 14.2 Å². The number of carbonyl (C=O) groups is 1. The summed E-state index contributed by atoms with van der Waals surface area (Å²) in [5, 5.41) is 15.7. The summed E-state index contributed by atoms with van der Waals surface area (Å²) in [5.41, 5.74) is 2.35. The zero-order chi connectivity index (χ0) is 21.2. The van der Waals surface area contributed by atoms with Crippen LogP contribution >= 0.6 is 0 Å². The molecule has 2 unspecified atom stereocenters. The molecule has 7 heteroatoms. The maximum atomic E-state index is 12.2. The van der Waals surface area contributed by atoms with Crippen LogP contribution in [0.3, 0.4) is 0 Å². The first-order valence-corrected chi connectivity index (χ1v) is 10.3. The first-order valence-electron chi connectivity index (χ1n) is 10.3. The van der Waals surface area contributed by atoms with Crippen molar-refractivity contribution in [1.82, 2.24) is 5.32 Å². The van der Waals surface area contributed by atoms with Gasteiger partial charge in [0.1, 0.15) is 5.75 Å². The fraction of sp³-hybridized carbons (Fsp3) is 0.435. The fourth-order valence-corrected chi connectivity index (χ4v) is 3.29. The number of benzene rings is 2. The van der Waals surface area contributed by atoms with Crippen LogP contribution in [0.5, 0.6) is 5.75 Å². The monoisotopic (exact) mass is 414 g/mol. The molecule has 0 aliphatic carbocycles. The highest BCUT2D eigenvalue weighted by molar-refractivity contribution is 5.89. The Hall–Kier alpha value is -2.61. The van der Waals surface area contributed by atoms with Gasteiger partial charge in [0.05, 0.1) is 32.5 Å². The average molecular weight is 415 g/mol. The van der Waals surface area contributed by atoms with Crippen molar-refractivity contribution in [3.63, 3.8) is 0 Å². The van der Waals surface area contributed by atoms with Crippen LogP contribution in [-0.4, -0.2) is 44.1 Å². The summed E-state index contributed by atoms with van der Waals surface area (Å²) in [6.45, 7) is 1.96. The van der Waals surface area contributed by atoms with Crippen LogP contribution in [0.15, 0.2) is 48.5 Å². The quantitative estimate of drug-likeness (QED) is 0.583. The van der Waals surface area contributed by atoms with Gasteiger partial charge in [-0.25, -0.2) is 4.79 Å². The van der Waals surface area contributed by atoms with Crippen molar-refractivity contribution in [2.75, 3.05) is 32.2 Å². The molecule has 2 amide bonds. The summed E-state index contributed by atoms with van der Waals surface area (Å²) in [7, 11) is 1.59. The van der Waals surface area contributed by atoms with Crippen molar-refractivity contribution >= 4 is 11.7 Å². The van der Waals surface area contributed by atoms with Gasteiger partial charge in [-0.3, -0.25) is 0 Å². The van der Waals surface area contributed by atoms with Gasteiger partial charge in [0, 0.05) is 18.8 Å². The van der Waals surface area contributed by atoms with Crippen molar-refractivity contribution in [1.29, 1.82) is 0 Å². The van der Waals surface area contributed by atoms with Crippen molar-refractivity contribution in [3.05, 3.63) is 59.7 Å². The normalized spacial score (nSPS) is 17.2. The molecule has 2 aromatic rings. The number of methoxy groups -OCH3 is 1. The van der Waals surface area contributed by atoms with Crippen LogP contribution in [0.4, 0.5) is 10.5 Å². The van der Waals surface area contributed by atoms with E-state index in [0.29, 0.717) is 30.2 Å². The van der Waals surface area contributed by atoms with E-state index in [1.54, 1.807) is 31.4 Å². The molecule has 1 aliphatic rings. The van der Waals surface area contributed by atoms with Gasteiger partial charge in [0.25, 0.3) is 0 Å². The minimum absolute atomic E-state index is 0.0996. The smallest absolute Gasteiger partial charge is 0.319 e. The lowest BCUT2D eigenvalue weighted by atomic mass is 10.1. The average Bonchev–Trinajstić information content (AvgIpc) is 2.78. The fourth-order valence-electron chi connectivity index (χ4n) is 3.29. The molecule has 3 N–H and O–H groups in total. The van der Waals surface area contributed by atoms with Crippen LogP contribution in [-0.2, 0) is 16.1 Å². The predicted molar refractivity (Wildman–Crippen MR) is 115 cm³/mol. The molecule has 2 atom stereocenters. The molecule has 162 valence electrons. The largest absolute Gasteiger partial charge is 0.497 e. The van der Waals surface area contributed by atoms with Crippen LogP contribution in [0.2, 0.25) is 0 Å². The lowest BCUT2D eigenvalue weighted by molar-refractivity contribution is -0.0447. The summed E-state index contributed by atoms with van der Waals surface area (Å²) in [5.74, 6) is 0.715. The molecular formula is C23H30N2O5. The Morgan fingerprint density at radius 2 is 2.07 bits per heavy atom. The van der Waals surface area contributed by atoms with E-state index in [1.807, 2.05) is 24.3 Å². The van der Waals surface area contributed by atoms with E-state index < -0.39 is 6.10 Å². The second kappa shape index (κ2) is 11.5. The summed E-state index contributed by atoms with van der Waals surface area (Å²) in [6.07, 6.45) is 2.75. The molecule has 1 aliphatic heterocycles. The van der Waals surface area contributed by atoms with E-state index in [0.717, 1.165) is 25.0 Å². The first kappa shape index (κ1) is 22.1.